The van der Waals surface area contributed by atoms with Crippen LogP contribution in [0.3, 0.4) is 0 Å². The number of hydrogen-bond donors (Lipinski definition) is 4. The number of benzene rings is 1. The van der Waals surface area contributed by atoms with Gasteiger partial charge in [-0.3, -0.25) is 0 Å². The lowest BCUT2D eigenvalue weighted by atomic mass is 10.2. The minimum absolute atomic E-state index is 0. The molecule has 7 heteroatoms. The number of aliphatic imine (C=N–C) groups is 1. The molecule has 0 radical (unpaired) electrons. The highest BCUT2D eigenvalue weighted by molar-refractivity contribution is 14.0. The molecule has 25 heavy (non-hydrogen) atoms. The summed E-state index contributed by atoms with van der Waals surface area (Å²) < 4.78 is 0. The maximum atomic E-state index is 11.6. The summed E-state index contributed by atoms with van der Waals surface area (Å²) in [7, 11) is 0. The molecule has 0 aliphatic rings. The molecular formula is C18H32IN5O. The number of unbranched alkanes of at least 4 members (excludes halogenated alkanes) is 3. The minimum Gasteiger partial charge on any atom is -0.370 e. The van der Waals surface area contributed by atoms with Gasteiger partial charge >= 0.3 is 6.03 Å². The zero-order valence-electron chi connectivity index (χ0n) is 15.5. The predicted octanol–water partition coefficient (Wildman–Crippen LogP) is 3.82. The van der Waals surface area contributed by atoms with Crippen LogP contribution in [0.4, 0.5) is 10.5 Å². The molecule has 1 aromatic carbocycles. The molecule has 6 nitrogen and oxygen atoms in total. The van der Waals surface area contributed by atoms with Crippen molar-refractivity contribution in [2.45, 2.75) is 59.0 Å². The van der Waals surface area contributed by atoms with Gasteiger partial charge in [-0.05, 0) is 38.0 Å². The molecule has 0 heterocycles. The van der Waals surface area contributed by atoms with Crippen molar-refractivity contribution in [2.75, 3.05) is 11.9 Å². The fourth-order valence-corrected chi connectivity index (χ4v) is 2.12. The third kappa shape index (κ3) is 11.6. The molecule has 0 unspecified atom stereocenters. The summed E-state index contributed by atoms with van der Waals surface area (Å²) in [6.45, 7) is 7.42. The summed E-state index contributed by atoms with van der Waals surface area (Å²) in [6.07, 6.45) is 4.82. The second-order valence-electron chi connectivity index (χ2n) is 6.14. The second-order valence-corrected chi connectivity index (χ2v) is 6.14. The first-order valence-electron chi connectivity index (χ1n) is 8.71. The van der Waals surface area contributed by atoms with E-state index < -0.39 is 0 Å². The number of nitrogens with two attached hydrogens (primary N) is 1. The number of guanidine groups is 1. The van der Waals surface area contributed by atoms with Gasteiger partial charge in [0.25, 0.3) is 0 Å². The van der Waals surface area contributed by atoms with Crippen molar-refractivity contribution in [1.82, 2.24) is 10.6 Å². The zero-order chi connectivity index (χ0) is 17.8. The third-order valence-corrected chi connectivity index (χ3v) is 3.40. The number of anilines is 1. The number of urea groups is 1. The van der Waals surface area contributed by atoms with E-state index in [-0.39, 0.29) is 36.0 Å². The van der Waals surface area contributed by atoms with E-state index in [4.69, 9.17) is 5.73 Å². The van der Waals surface area contributed by atoms with Crippen LogP contribution in [0, 0.1) is 0 Å². The van der Waals surface area contributed by atoms with E-state index in [1.165, 1.54) is 19.3 Å². The molecule has 1 aromatic rings. The maximum absolute atomic E-state index is 11.6. The second kappa shape index (κ2) is 13.7. The number of amides is 2. The molecule has 0 atom stereocenters. The van der Waals surface area contributed by atoms with Crippen LogP contribution in [-0.4, -0.2) is 24.6 Å². The van der Waals surface area contributed by atoms with E-state index in [1.54, 1.807) is 0 Å². The summed E-state index contributed by atoms with van der Waals surface area (Å²) in [4.78, 5) is 15.9. The molecule has 0 aromatic heterocycles. The lowest BCUT2D eigenvalue weighted by molar-refractivity contribution is 0.250. The first kappa shape index (κ1) is 23.5. The van der Waals surface area contributed by atoms with Gasteiger partial charge in [-0.2, -0.15) is 0 Å². The number of carbonyl (C=O) groups excluding carboxylic acids is 1. The lowest BCUT2D eigenvalue weighted by Crippen LogP contribution is -2.34. The van der Waals surface area contributed by atoms with Gasteiger partial charge in [0, 0.05) is 18.3 Å². The molecule has 2 amide bonds. The molecule has 0 saturated carbocycles. The molecule has 142 valence electrons. The Labute approximate surface area is 168 Å². The van der Waals surface area contributed by atoms with Gasteiger partial charge in [0.1, 0.15) is 0 Å². The molecule has 5 N–H and O–H groups in total. The molecule has 1 rings (SSSR count). The van der Waals surface area contributed by atoms with Crippen LogP contribution < -0.4 is 21.7 Å². The van der Waals surface area contributed by atoms with Crippen LogP contribution >= 0.6 is 24.0 Å². The Morgan fingerprint density at radius 1 is 1.16 bits per heavy atom. The third-order valence-electron chi connectivity index (χ3n) is 3.40. The normalized spacial score (nSPS) is 11.0. The lowest BCUT2D eigenvalue weighted by Gasteiger charge is -2.10. The van der Waals surface area contributed by atoms with E-state index in [1.807, 2.05) is 38.1 Å². The number of rotatable bonds is 9. The van der Waals surface area contributed by atoms with Crippen molar-refractivity contribution in [3.8, 4) is 0 Å². The summed E-state index contributed by atoms with van der Waals surface area (Å²) in [5, 5.41) is 8.70. The van der Waals surface area contributed by atoms with Crippen LogP contribution in [-0.2, 0) is 6.54 Å². The highest BCUT2D eigenvalue weighted by atomic mass is 127. The van der Waals surface area contributed by atoms with Crippen molar-refractivity contribution in [1.29, 1.82) is 0 Å². The summed E-state index contributed by atoms with van der Waals surface area (Å²) >= 11 is 0. The number of halogens is 1. The average Bonchev–Trinajstić information content (AvgIpc) is 2.53. The van der Waals surface area contributed by atoms with Crippen LogP contribution in [0.15, 0.2) is 29.3 Å². The Kier molecular flexibility index (Phi) is 12.9. The Bertz CT molecular complexity index is 517. The molecular weight excluding hydrogens is 429 g/mol. The van der Waals surface area contributed by atoms with Crippen molar-refractivity contribution in [3.05, 3.63) is 29.8 Å². The highest BCUT2D eigenvalue weighted by Crippen LogP contribution is 2.10. The smallest absolute Gasteiger partial charge is 0.319 e. The summed E-state index contributed by atoms with van der Waals surface area (Å²) in [6, 6.07) is 7.49. The van der Waals surface area contributed by atoms with Gasteiger partial charge < -0.3 is 21.7 Å². The SMILES string of the molecule is CCCCCCNC(N)=NCc1ccc(NC(=O)NC(C)C)cc1.I. The van der Waals surface area contributed by atoms with Gasteiger partial charge in [-0.1, -0.05) is 38.3 Å². The quantitative estimate of drug-likeness (QED) is 0.195. The van der Waals surface area contributed by atoms with E-state index in [9.17, 15) is 4.79 Å². The fourth-order valence-electron chi connectivity index (χ4n) is 2.12. The van der Waals surface area contributed by atoms with E-state index in [0.717, 1.165) is 24.2 Å². The van der Waals surface area contributed by atoms with E-state index >= 15 is 0 Å². The summed E-state index contributed by atoms with van der Waals surface area (Å²) in [5.41, 5.74) is 7.65. The van der Waals surface area contributed by atoms with Crippen molar-refractivity contribution < 1.29 is 4.79 Å². The molecule has 0 aliphatic heterocycles. The number of carbonyl (C=O) groups is 1. The number of nitrogens with zero attached hydrogens (tertiary/aromatic N) is 1. The van der Waals surface area contributed by atoms with Gasteiger partial charge in [0.15, 0.2) is 5.96 Å². The van der Waals surface area contributed by atoms with Crippen molar-refractivity contribution in [2.24, 2.45) is 10.7 Å². The van der Waals surface area contributed by atoms with E-state index in [0.29, 0.717) is 12.5 Å². The van der Waals surface area contributed by atoms with Gasteiger partial charge in [0.2, 0.25) is 0 Å². The first-order chi connectivity index (χ1) is 11.5. The Morgan fingerprint density at radius 3 is 2.44 bits per heavy atom. The average molecular weight is 461 g/mol. The van der Waals surface area contributed by atoms with Gasteiger partial charge in [0.05, 0.1) is 6.54 Å². The first-order valence-corrected chi connectivity index (χ1v) is 8.71. The van der Waals surface area contributed by atoms with Gasteiger partial charge in [-0.15, -0.1) is 24.0 Å². The monoisotopic (exact) mass is 461 g/mol. The molecule has 0 bridgehead atoms. The maximum Gasteiger partial charge on any atom is 0.319 e. The van der Waals surface area contributed by atoms with Crippen LogP contribution in [0.5, 0.6) is 0 Å². The standard InChI is InChI=1S/C18H31N5O.HI/c1-4-5-6-7-12-20-17(19)21-13-15-8-10-16(11-9-15)23-18(24)22-14(2)3;/h8-11,14H,4-7,12-13H2,1-3H3,(H3,19,20,21)(H2,22,23,24);1H. The Balaban J connectivity index is 0.00000576. The zero-order valence-corrected chi connectivity index (χ0v) is 17.8. The Hall–Kier alpha value is -1.51. The van der Waals surface area contributed by atoms with Crippen LogP contribution in [0.2, 0.25) is 0 Å². The number of nitrogens with one attached hydrogen (secondary N) is 3. The summed E-state index contributed by atoms with van der Waals surface area (Å²) in [5.74, 6) is 0.477. The highest BCUT2D eigenvalue weighted by Gasteiger charge is 2.03. The predicted molar refractivity (Wildman–Crippen MR) is 117 cm³/mol. The topological polar surface area (TPSA) is 91.5 Å². The van der Waals surface area contributed by atoms with Crippen molar-refractivity contribution in [3.63, 3.8) is 0 Å². The van der Waals surface area contributed by atoms with Crippen molar-refractivity contribution >= 4 is 41.7 Å². The van der Waals surface area contributed by atoms with E-state index in [2.05, 4.69) is 27.9 Å². The van der Waals surface area contributed by atoms with Crippen LogP contribution in [0.25, 0.3) is 0 Å². The fraction of sp³-hybridized carbons (Fsp3) is 0.556. The van der Waals surface area contributed by atoms with Gasteiger partial charge in [-0.25, -0.2) is 9.79 Å². The number of hydrogen-bond acceptors (Lipinski definition) is 2. The molecule has 0 spiro atoms. The molecule has 0 saturated heterocycles. The largest absolute Gasteiger partial charge is 0.370 e. The Morgan fingerprint density at radius 2 is 1.84 bits per heavy atom. The minimum atomic E-state index is -0.202. The molecule has 0 aliphatic carbocycles. The van der Waals surface area contributed by atoms with Crippen LogP contribution in [0.1, 0.15) is 52.0 Å². The molecule has 0 fully saturated rings.